The summed E-state index contributed by atoms with van der Waals surface area (Å²) < 4.78 is 39.6. The predicted octanol–water partition coefficient (Wildman–Crippen LogP) is 4.05. The Morgan fingerprint density at radius 2 is 1.65 bits per heavy atom. The quantitative estimate of drug-likeness (QED) is 0.765. The van der Waals surface area contributed by atoms with Crippen molar-refractivity contribution in [3.05, 3.63) is 54.6 Å². The molecule has 17 heavy (non-hydrogen) atoms. The lowest BCUT2D eigenvalue weighted by molar-refractivity contribution is -0.274. The molecule has 2 aromatic carbocycles. The number of alkyl halides is 3. The highest BCUT2D eigenvalue weighted by molar-refractivity contribution is 5.63. The molecule has 0 aromatic heterocycles. The van der Waals surface area contributed by atoms with Gasteiger partial charge in [-0.05, 0) is 29.3 Å². The predicted molar refractivity (Wildman–Crippen MR) is 57.4 cm³/mol. The van der Waals surface area contributed by atoms with E-state index in [1.165, 1.54) is 12.1 Å². The summed E-state index contributed by atoms with van der Waals surface area (Å²) in [6.45, 7) is 0. The minimum absolute atomic E-state index is 0.225. The molecule has 0 heterocycles. The molecule has 0 fully saturated rings. The van der Waals surface area contributed by atoms with Crippen molar-refractivity contribution in [1.29, 1.82) is 0 Å². The van der Waals surface area contributed by atoms with Crippen molar-refractivity contribution < 1.29 is 17.9 Å². The standard InChI is InChI=1S/C13H8F3O/c14-13(15,16)17-12-8-6-11(7-9-12)10-4-2-1-3-5-10/h1-4,6-9H. The largest absolute Gasteiger partial charge is 0.573 e. The summed E-state index contributed by atoms with van der Waals surface area (Å²) in [5, 5.41) is 0. The van der Waals surface area contributed by atoms with Gasteiger partial charge in [0.1, 0.15) is 5.75 Å². The Labute approximate surface area is 96.5 Å². The molecule has 1 radical (unpaired) electrons. The van der Waals surface area contributed by atoms with Crippen LogP contribution in [0, 0.1) is 6.07 Å². The van der Waals surface area contributed by atoms with Crippen LogP contribution in [0.15, 0.2) is 48.5 Å². The van der Waals surface area contributed by atoms with E-state index >= 15 is 0 Å². The van der Waals surface area contributed by atoms with Gasteiger partial charge >= 0.3 is 6.36 Å². The average molecular weight is 237 g/mol. The lowest BCUT2D eigenvalue weighted by Gasteiger charge is -2.09. The molecule has 0 aliphatic rings. The van der Waals surface area contributed by atoms with Gasteiger partial charge in [-0.15, -0.1) is 13.2 Å². The molecule has 87 valence electrons. The van der Waals surface area contributed by atoms with Crippen molar-refractivity contribution in [3.63, 3.8) is 0 Å². The van der Waals surface area contributed by atoms with Crippen LogP contribution in [0.25, 0.3) is 11.1 Å². The van der Waals surface area contributed by atoms with E-state index in [1.807, 2.05) is 18.2 Å². The maximum atomic E-state index is 11.9. The summed E-state index contributed by atoms with van der Waals surface area (Å²) in [7, 11) is 0. The SMILES string of the molecule is FC(F)(F)Oc1ccc(-c2[c]cccc2)cc1. The molecule has 0 saturated heterocycles. The molecule has 0 unspecified atom stereocenters. The average Bonchev–Trinajstić information content (AvgIpc) is 2.29. The van der Waals surface area contributed by atoms with E-state index in [2.05, 4.69) is 10.8 Å². The molecule has 0 atom stereocenters. The van der Waals surface area contributed by atoms with Gasteiger partial charge < -0.3 is 4.74 Å². The summed E-state index contributed by atoms with van der Waals surface area (Å²) in [4.78, 5) is 0. The smallest absolute Gasteiger partial charge is 0.406 e. The van der Waals surface area contributed by atoms with Crippen LogP contribution in [0.3, 0.4) is 0 Å². The zero-order valence-corrected chi connectivity index (χ0v) is 8.66. The molecule has 2 aromatic rings. The zero-order chi connectivity index (χ0) is 12.3. The van der Waals surface area contributed by atoms with Gasteiger partial charge in [-0.25, -0.2) is 0 Å². The summed E-state index contributed by atoms with van der Waals surface area (Å²) in [6.07, 6.45) is -4.65. The van der Waals surface area contributed by atoms with Crippen LogP contribution in [0.4, 0.5) is 13.2 Å². The number of benzene rings is 2. The van der Waals surface area contributed by atoms with Gasteiger partial charge in [0.05, 0.1) is 0 Å². The molecule has 1 nitrogen and oxygen atoms in total. The van der Waals surface area contributed by atoms with E-state index in [1.54, 1.807) is 18.2 Å². The third kappa shape index (κ3) is 3.24. The van der Waals surface area contributed by atoms with Gasteiger partial charge in [-0.3, -0.25) is 0 Å². The van der Waals surface area contributed by atoms with Crippen LogP contribution >= 0.6 is 0 Å². The molecule has 0 saturated carbocycles. The number of rotatable bonds is 2. The highest BCUT2D eigenvalue weighted by Gasteiger charge is 2.30. The Kier molecular flexibility index (Phi) is 3.04. The molecule has 4 heteroatoms. The lowest BCUT2D eigenvalue weighted by Crippen LogP contribution is -2.16. The Balaban J connectivity index is 2.19. The van der Waals surface area contributed by atoms with Crippen molar-refractivity contribution in [1.82, 2.24) is 0 Å². The summed E-state index contributed by atoms with van der Waals surface area (Å²) in [5.74, 6) is -0.225. The van der Waals surface area contributed by atoms with Gasteiger partial charge in [0, 0.05) is 0 Å². The fourth-order valence-corrected chi connectivity index (χ4v) is 1.41. The van der Waals surface area contributed by atoms with Crippen LogP contribution in [-0.4, -0.2) is 6.36 Å². The Hall–Kier alpha value is -1.97. The summed E-state index contributed by atoms with van der Waals surface area (Å²) in [5.41, 5.74) is 1.62. The maximum absolute atomic E-state index is 11.9. The number of hydrogen-bond acceptors (Lipinski definition) is 1. The third-order valence-corrected chi connectivity index (χ3v) is 2.11. The highest BCUT2D eigenvalue weighted by Crippen LogP contribution is 2.25. The first-order valence-corrected chi connectivity index (χ1v) is 4.87. The highest BCUT2D eigenvalue weighted by atomic mass is 19.4. The molecule has 0 bridgehead atoms. The molecule has 0 N–H and O–H groups in total. The van der Waals surface area contributed by atoms with E-state index in [4.69, 9.17) is 0 Å². The van der Waals surface area contributed by atoms with E-state index in [0.717, 1.165) is 11.1 Å². The van der Waals surface area contributed by atoms with Crippen LogP contribution in [0.5, 0.6) is 5.75 Å². The fraction of sp³-hybridized carbons (Fsp3) is 0.0769. The van der Waals surface area contributed by atoms with Crippen LogP contribution in [0.2, 0.25) is 0 Å². The molecule has 0 spiro atoms. The van der Waals surface area contributed by atoms with E-state index < -0.39 is 6.36 Å². The minimum Gasteiger partial charge on any atom is -0.406 e. The lowest BCUT2D eigenvalue weighted by atomic mass is 10.1. The first kappa shape index (κ1) is 11.5. The molecular weight excluding hydrogens is 229 g/mol. The Morgan fingerprint density at radius 3 is 2.18 bits per heavy atom. The third-order valence-electron chi connectivity index (χ3n) is 2.11. The molecule has 0 aliphatic carbocycles. The van der Waals surface area contributed by atoms with Gasteiger partial charge in [0.2, 0.25) is 0 Å². The van der Waals surface area contributed by atoms with Crippen LogP contribution in [0.1, 0.15) is 0 Å². The molecular formula is C13H8F3O. The molecule has 0 amide bonds. The Morgan fingerprint density at radius 1 is 0.941 bits per heavy atom. The van der Waals surface area contributed by atoms with E-state index in [0.29, 0.717) is 0 Å². The van der Waals surface area contributed by atoms with Gasteiger partial charge in [0.25, 0.3) is 0 Å². The zero-order valence-electron chi connectivity index (χ0n) is 8.66. The van der Waals surface area contributed by atoms with Crippen molar-refractivity contribution in [2.24, 2.45) is 0 Å². The van der Waals surface area contributed by atoms with Crippen LogP contribution < -0.4 is 4.74 Å². The van der Waals surface area contributed by atoms with Gasteiger partial charge in [0.15, 0.2) is 0 Å². The van der Waals surface area contributed by atoms with Crippen molar-refractivity contribution in [2.75, 3.05) is 0 Å². The second kappa shape index (κ2) is 4.49. The van der Waals surface area contributed by atoms with Gasteiger partial charge in [-0.1, -0.05) is 36.4 Å². The van der Waals surface area contributed by atoms with Gasteiger partial charge in [-0.2, -0.15) is 0 Å². The normalized spacial score (nSPS) is 11.2. The summed E-state index contributed by atoms with van der Waals surface area (Å²) in [6, 6.07) is 15.9. The van der Waals surface area contributed by atoms with E-state index in [9.17, 15) is 13.2 Å². The molecule has 2 rings (SSSR count). The second-order valence-corrected chi connectivity index (χ2v) is 3.35. The van der Waals surface area contributed by atoms with Crippen molar-refractivity contribution in [2.45, 2.75) is 6.36 Å². The number of hydrogen-bond donors (Lipinski definition) is 0. The Bertz CT molecular complexity index is 474. The minimum atomic E-state index is -4.65. The van der Waals surface area contributed by atoms with Crippen molar-refractivity contribution >= 4 is 0 Å². The first-order valence-electron chi connectivity index (χ1n) is 4.87. The second-order valence-electron chi connectivity index (χ2n) is 3.35. The van der Waals surface area contributed by atoms with Crippen molar-refractivity contribution in [3.8, 4) is 16.9 Å². The molecule has 0 aliphatic heterocycles. The van der Waals surface area contributed by atoms with Crippen LogP contribution in [-0.2, 0) is 0 Å². The maximum Gasteiger partial charge on any atom is 0.573 e. The monoisotopic (exact) mass is 237 g/mol. The number of halogens is 3. The topological polar surface area (TPSA) is 9.23 Å². The summed E-state index contributed by atoms with van der Waals surface area (Å²) >= 11 is 0. The first-order chi connectivity index (χ1) is 8.04. The number of ether oxygens (including phenoxy) is 1. The fourth-order valence-electron chi connectivity index (χ4n) is 1.41. The van der Waals surface area contributed by atoms with E-state index in [-0.39, 0.29) is 5.75 Å².